The Morgan fingerprint density at radius 1 is 0.733 bits per heavy atom. The maximum absolute atomic E-state index is 13.9. The zero-order chi connectivity index (χ0) is 43.7. The molecule has 0 spiro atoms. The fourth-order valence-electron chi connectivity index (χ4n) is 9.06. The molecule has 0 bridgehead atoms. The van der Waals surface area contributed by atoms with Gasteiger partial charge in [0.15, 0.2) is 11.6 Å². The van der Waals surface area contributed by atoms with Gasteiger partial charge in [0.2, 0.25) is 0 Å². The van der Waals surface area contributed by atoms with Gasteiger partial charge in [0, 0.05) is 48.8 Å². The van der Waals surface area contributed by atoms with E-state index in [1.807, 2.05) is 37.6 Å². The Morgan fingerprint density at radius 2 is 1.17 bits per heavy atom. The van der Waals surface area contributed by atoms with Crippen molar-refractivity contribution >= 4 is 23.2 Å². The van der Waals surface area contributed by atoms with E-state index in [1.54, 1.807) is 29.8 Å². The van der Waals surface area contributed by atoms with Crippen LogP contribution in [0.2, 0.25) is 0 Å². The van der Waals surface area contributed by atoms with Gasteiger partial charge >= 0.3 is 0 Å². The van der Waals surface area contributed by atoms with Crippen LogP contribution in [-0.2, 0) is 12.8 Å². The summed E-state index contributed by atoms with van der Waals surface area (Å²) in [6.45, 7) is 12.0. The highest BCUT2D eigenvalue weighted by Crippen LogP contribution is 2.39. The van der Waals surface area contributed by atoms with Crippen LogP contribution in [0, 0.1) is 41.8 Å². The van der Waals surface area contributed by atoms with Gasteiger partial charge in [-0.05, 0) is 119 Å². The summed E-state index contributed by atoms with van der Waals surface area (Å²) in [4.78, 5) is 37.1. The Balaban J connectivity index is 0.000000175. The zero-order valence-electron chi connectivity index (χ0n) is 35.9. The van der Waals surface area contributed by atoms with Crippen molar-refractivity contribution in [2.75, 3.05) is 5.32 Å². The van der Waals surface area contributed by atoms with Crippen LogP contribution in [-0.4, -0.2) is 61.2 Å². The number of nitrogens with one attached hydrogen (secondary N) is 1. The average Bonchev–Trinajstić information content (AvgIpc) is 3.68. The monoisotopic (exact) mass is 820 g/mol. The fourth-order valence-corrected chi connectivity index (χ4v) is 9.06. The van der Waals surface area contributed by atoms with Gasteiger partial charge in [0.05, 0.1) is 56.4 Å². The molecule has 2 saturated carbocycles. The Bertz CT molecular complexity index is 2290. The lowest BCUT2D eigenvalue weighted by atomic mass is 9.75. The highest BCUT2D eigenvalue weighted by Gasteiger charge is 2.37. The van der Waals surface area contributed by atoms with Crippen LogP contribution >= 0.6 is 0 Å². The number of aromatic nitrogens is 4. The van der Waals surface area contributed by atoms with Crippen LogP contribution < -0.4 is 28.3 Å². The minimum Gasteiger partial charge on any atom is -0.382 e. The number of carbonyl (C=O) groups is 3. The quantitative estimate of drug-likeness (QED) is 0.144. The molecule has 0 radical (unpaired) electrons. The SMILES string of the molecule is Cc1nn(-c2ccc(C#N)c(F)c2)c2c1C(=O)CC(C)(C)C2.Cc1nn(-c2ccc(C(N)=O)c(NC3CCC(N)CC3)c2)c2c1C(=O)CC(C)(C)C2.NC1CCC(N)CC1. The molecule has 4 aromatic rings. The number of nitrogens with zero attached hydrogens (tertiary/aromatic N) is 5. The number of halogens is 1. The van der Waals surface area contributed by atoms with Gasteiger partial charge < -0.3 is 28.3 Å². The second-order valence-corrected chi connectivity index (χ2v) is 18.8. The number of amides is 1. The number of hydrogen-bond donors (Lipinski definition) is 5. The van der Waals surface area contributed by atoms with Crippen molar-refractivity contribution in [3.05, 3.63) is 87.2 Å². The van der Waals surface area contributed by atoms with E-state index >= 15 is 0 Å². The predicted molar refractivity (Wildman–Crippen MR) is 231 cm³/mol. The summed E-state index contributed by atoms with van der Waals surface area (Å²) < 4.78 is 17.4. The van der Waals surface area contributed by atoms with Crippen LogP contribution in [0.5, 0.6) is 0 Å². The molecule has 4 aliphatic carbocycles. The van der Waals surface area contributed by atoms with Gasteiger partial charge in [-0.3, -0.25) is 14.4 Å². The van der Waals surface area contributed by atoms with Gasteiger partial charge in [-0.25, -0.2) is 13.8 Å². The number of anilines is 1. The van der Waals surface area contributed by atoms with E-state index in [4.69, 9.17) is 28.2 Å². The minimum atomic E-state index is -0.580. The third-order valence-electron chi connectivity index (χ3n) is 12.2. The van der Waals surface area contributed by atoms with E-state index in [0.717, 1.165) is 86.1 Å². The van der Waals surface area contributed by atoms with Gasteiger partial charge in [0.1, 0.15) is 11.9 Å². The van der Waals surface area contributed by atoms with E-state index < -0.39 is 11.7 Å². The molecule has 9 N–H and O–H groups in total. The lowest BCUT2D eigenvalue weighted by molar-refractivity contribution is 0.0900. The number of carbonyl (C=O) groups excluding carboxylic acids is 3. The molecule has 13 nitrogen and oxygen atoms in total. The predicted octanol–water partition coefficient (Wildman–Crippen LogP) is 6.68. The number of hydrogen-bond acceptors (Lipinski definition) is 10. The molecule has 2 aromatic heterocycles. The number of primary amides is 1. The molecule has 1 amide bonds. The largest absolute Gasteiger partial charge is 0.382 e. The molecule has 0 aliphatic heterocycles. The number of benzene rings is 2. The van der Waals surface area contributed by atoms with E-state index in [-0.39, 0.29) is 40.0 Å². The number of nitrogens with two attached hydrogens (primary N) is 4. The van der Waals surface area contributed by atoms with Crippen molar-refractivity contribution in [3.8, 4) is 17.4 Å². The number of rotatable bonds is 5. The average molecular weight is 821 g/mol. The lowest BCUT2D eigenvalue weighted by Gasteiger charge is -2.29. The zero-order valence-corrected chi connectivity index (χ0v) is 35.9. The van der Waals surface area contributed by atoms with Crippen LogP contribution in [0.4, 0.5) is 10.1 Å². The highest BCUT2D eigenvalue weighted by atomic mass is 19.1. The van der Waals surface area contributed by atoms with Crippen LogP contribution in [0.1, 0.15) is 151 Å². The topological polar surface area (TPSA) is 227 Å². The molecule has 2 aromatic carbocycles. The van der Waals surface area contributed by atoms with Gasteiger partial charge in [0.25, 0.3) is 5.91 Å². The van der Waals surface area contributed by atoms with Crippen LogP contribution in [0.25, 0.3) is 11.4 Å². The smallest absolute Gasteiger partial charge is 0.250 e. The van der Waals surface area contributed by atoms with Crippen molar-refractivity contribution in [3.63, 3.8) is 0 Å². The first-order valence-corrected chi connectivity index (χ1v) is 21.2. The Morgan fingerprint density at radius 3 is 1.60 bits per heavy atom. The highest BCUT2D eigenvalue weighted by molar-refractivity contribution is 6.01. The first-order chi connectivity index (χ1) is 28.3. The molecule has 0 unspecified atom stereocenters. The standard InChI is InChI=1S/C23H31N5O2.C17H16FN3O.C6H14N2/c1-13-21-19(11-23(2,3)12-20(21)29)28(27-13)16-8-9-17(22(25)30)18(10-16)26-15-6-4-14(24)5-7-15;1-10-16-14(7-17(2,3)8-15(16)22)21(20-10)12-5-4-11(9-19)13(18)6-12;7-5-1-2-6(8)4-3-5/h8-10,14-15,26H,4-7,11-12,24H2,1-3H3,(H2,25,30);4-6H,7-8H2,1-3H3;5-6H,1-4,7-8H2. The van der Waals surface area contributed by atoms with Crippen LogP contribution in [0.15, 0.2) is 36.4 Å². The van der Waals surface area contributed by atoms with Crippen molar-refractivity contribution in [2.24, 2.45) is 33.8 Å². The first-order valence-electron chi connectivity index (χ1n) is 21.2. The third-order valence-corrected chi connectivity index (χ3v) is 12.2. The summed E-state index contributed by atoms with van der Waals surface area (Å²) in [5.74, 6) is -0.811. The number of fused-ring (bicyclic) bond motifs is 2. The molecule has 320 valence electrons. The van der Waals surface area contributed by atoms with E-state index in [0.29, 0.717) is 59.5 Å². The second kappa shape index (κ2) is 17.8. The van der Waals surface area contributed by atoms with Crippen molar-refractivity contribution in [1.29, 1.82) is 5.26 Å². The van der Waals surface area contributed by atoms with Gasteiger partial charge in [-0.1, -0.05) is 27.7 Å². The Kier molecular flexibility index (Phi) is 13.1. The summed E-state index contributed by atoms with van der Waals surface area (Å²) >= 11 is 0. The molecule has 2 heterocycles. The van der Waals surface area contributed by atoms with Crippen LogP contribution in [0.3, 0.4) is 0 Å². The number of Topliss-reactive ketones (excluding diaryl/α,β-unsaturated/α-hetero) is 2. The summed E-state index contributed by atoms with van der Waals surface area (Å²) in [5, 5.41) is 21.4. The van der Waals surface area contributed by atoms with Gasteiger partial charge in [-0.2, -0.15) is 15.5 Å². The Labute approximate surface area is 352 Å². The van der Waals surface area contributed by atoms with Crippen molar-refractivity contribution in [2.45, 2.75) is 143 Å². The summed E-state index contributed by atoms with van der Waals surface area (Å²) in [6, 6.07) is 13.1. The normalized spacial score (nSPS) is 22.8. The Hall–Kier alpha value is -5.23. The fraction of sp³-hybridized carbons (Fsp3) is 0.522. The van der Waals surface area contributed by atoms with Gasteiger partial charge in [-0.15, -0.1) is 0 Å². The molecule has 4 aliphatic rings. The lowest BCUT2D eigenvalue weighted by Crippen LogP contribution is -2.33. The van der Waals surface area contributed by atoms with Crippen molar-refractivity contribution in [1.82, 2.24) is 19.6 Å². The molecular weight excluding hydrogens is 760 g/mol. The maximum Gasteiger partial charge on any atom is 0.250 e. The summed E-state index contributed by atoms with van der Waals surface area (Å²) in [5.41, 5.74) is 29.8. The van der Waals surface area contributed by atoms with Crippen molar-refractivity contribution < 1.29 is 18.8 Å². The number of ketones is 2. The third kappa shape index (κ3) is 10.0. The molecule has 14 heteroatoms. The molecule has 60 heavy (non-hydrogen) atoms. The number of nitriles is 1. The second-order valence-electron chi connectivity index (χ2n) is 18.8. The molecule has 2 fully saturated rings. The van der Waals surface area contributed by atoms with E-state index in [2.05, 4.69) is 29.4 Å². The minimum absolute atomic E-state index is 0.00194. The van der Waals surface area contributed by atoms with E-state index in [9.17, 15) is 18.8 Å². The first kappa shape index (κ1) is 44.3. The molecule has 0 saturated heterocycles. The summed E-state index contributed by atoms with van der Waals surface area (Å²) in [6.07, 6.45) is 10.9. The summed E-state index contributed by atoms with van der Waals surface area (Å²) in [7, 11) is 0. The molecule has 0 atom stereocenters. The molecular formula is C46H61FN10O3. The maximum atomic E-state index is 13.9. The van der Waals surface area contributed by atoms with E-state index in [1.165, 1.54) is 12.1 Å². The molecule has 8 rings (SSSR count). The number of aryl methyl sites for hydroxylation is 2.